The zero-order chi connectivity index (χ0) is 20.2. The van der Waals surface area contributed by atoms with Crippen LogP contribution in [0.2, 0.25) is 0 Å². The summed E-state index contributed by atoms with van der Waals surface area (Å²) in [5.41, 5.74) is 2.84. The highest BCUT2D eigenvalue weighted by Crippen LogP contribution is 2.33. The van der Waals surface area contributed by atoms with E-state index in [9.17, 15) is 9.59 Å². The highest BCUT2D eigenvalue weighted by atomic mass is 16.5. The maximum Gasteiger partial charge on any atom is 0.338 e. The molecule has 2 aliphatic rings. The summed E-state index contributed by atoms with van der Waals surface area (Å²) in [6.07, 6.45) is 4.75. The number of ether oxygens (including phenoxy) is 2. The Morgan fingerprint density at radius 1 is 1.07 bits per heavy atom. The maximum atomic E-state index is 13.0. The topological polar surface area (TPSA) is 55.8 Å². The van der Waals surface area contributed by atoms with E-state index in [2.05, 4.69) is 6.08 Å². The first-order chi connectivity index (χ1) is 14.2. The Labute approximate surface area is 170 Å². The molecule has 2 aromatic rings. The molecular weight excluding hydrogens is 366 g/mol. The van der Waals surface area contributed by atoms with Crippen LogP contribution in [0.3, 0.4) is 0 Å². The number of hydrogen-bond donors (Lipinski definition) is 0. The number of benzene rings is 2. The number of piperidine rings is 2. The normalized spacial score (nSPS) is 22.9. The molecule has 2 atom stereocenters. The fourth-order valence-corrected chi connectivity index (χ4v) is 4.16. The van der Waals surface area contributed by atoms with Crippen molar-refractivity contribution >= 4 is 18.0 Å². The Kier molecular flexibility index (Phi) is 5.65. The van der Waals surface area contributed by atoms with Crippen LogP contribution in [0.15, 0.2) is 60.2 Å². The van der Waals surface area contributed by atoms with Gasteiger partial charge in [-0.3, -0.25) is 4.79 Å². The van der Waals surface area contributed by atoms with Gasteiger partial charge in [-0.25, -0.2) is 4.79 Å². The van der Waals surface area contributed by atoms with Gasteiger partial charge < -0.3 is 14.4 Å². The number of esters is 1. The van der Waals surface area contributed by atoms with E-state index in [-0.39, 0.29) is 11.9 Å². The summed E-state index contributed by atoms with van der Waals surface area (Å²) >= 11 is 0. The SMILES string of the molecule is COc1ccc(/C=C2\CCCN3C(=O)[C@@H](OC(=O)c4ccccc4)CC[C@@H]23)cc1. The molecule has 29 heavy (non-hydrogen) atoms. The molecule has 0 bridgehead atoms. The average molecular weight is 391 g/mol. The molecule has 2 saturated heterocycles. The summed E-state index contributed by atoms with van der Waals surface area (Å²) in [5.74, 6) is 0.313. The van der Waals surface area contributed by atoms with Crippen LogP contribution >= 0.6 is 0 Å². The number of nitrogens with zero attached hydrogens (tertiary/aromatic N) is 1. The van der Waals surface area contributed by atoms with E-state index < -0.39 is 12.1 Å². The van der Waals surface area contributed by atoms with Gasteiger partial charge in [-0.2, -0.15) is 0 Å². The Morgan fingerprint density at radius 3 is 2.55 bits per heavy atom. The van der Waals surface area contributed by atoms with Crippen LogP contribution in [0.25, 0.3) is 6.08 Å². The molecule has 2 fully saturated rings. The van der Waals surface area contributed by atoms with E-state index in [0.29, 0.717) is 18.5 Å². The Balaban J connectivity index is 1.47. The molecule has 2 heterocycles. The van der Waals surface area contributed by atoms with Gasteiger partial charge in [0, 0.05) is 6.54 Å². The lowest BCUT2D eigenvalue weighted by Crippen LogP contribution is -2.54. The minimum Gasteiger partial charge on any atom is -0.497 e. The van der Waals surface area contributed by atoms with E-state index in [0.717, 1.165) is 30.6 Å². The Morgan fingerprint density at radius 2 is 1.83 bits per heavy atom. The summed E-state index contributed by atoms with van der Waals surface area (Å²) in [6, 6.07) is 16.9. The zero-order valence-corrected chi connectivity index (χ0v) is 16.5. The number of carbonyl (C=O) groups excluding carboxylic acids is 2. The van der Waals surface area contributed by atoms with Gasteiger partial charge in [-0.1, -0.05) is 36.4 Å². The van der Waals surface area contributed by atoms with E-state index in [4.69, 9.17) is 9.47 Å². The Hall–Kier alpha value is -3.08. The number of amides is 1. The number of fused-ring (bicyclic) bond motifs is 1. The van der Waals surface area contributed by atoms with Crippen molar-refractivity contribution in [3.63, 3.8) is 0 Å². The van der Waals surface area contributed by atoms with E-state index >= 15 is 0 Å². The third-order valence-corrected chi connectivity index (χ3v) is 5.66. The van der Waals surface area contributed by atoms with Gasteiger partial charge >= 0.3 is 5.97 Å². The monoisotopic (exact) mass is 391 g/mol. The van der Waals surface area contributed by atoms with Gasteiger partial charge in [0.25, 0.3) is 5.91 Å². The largest absolute Gasteiger partial charge is 0.497 e. The molecule has 1 amide bonds. The second-order valence-corrected chi connectivity index (χ2v) is 7.48. The zero-order valence-electron chi connectivity index (χ0n) is 16.5. The molecule has 2 aromatic carbocycles. The lowest BCUT2D eigenvalue weighted by Gasteiger charge is -2.43. The minimum absolute atomic E-state index is 0.0779. The van der Waals surface area contributed by atoms with E-state index in [1.165, 1.54) is 5.57 Å². The van der Waals surface area contributed by atoms with E-state index in [1.807, 2.05) is 35.2 Å². The van der Waals surface area contributed by atoms with Gasteiger partial charge in [0.2, 0.25) is 0 Å². The molecule has 0 radical (unpaired) electrons. The van der Waals surface area contributed by atoms with Crippen LogP contribution in [0, 0.1) is 0 Å². The van der Waals surface area contributed by atoms with Crippen molar-refractivity contribution in [2.75, 3.05) is 13.7 Å². The summed E-state index contributed by atoms with van der Waals surface area (Å²) in [7, 11) is 1.65. The molecule has 0 aliphatic carbocycles. The first-order valence-corrected chi connectivity index (χ1v) is 10.1. The van der Waals surface area contributed by atoms with Crippen molar-refractivity contribution in [3.8, 4) is 5.75 Å². The van der Waals surface area contributed by atoms with E-state index in [1.54, 1.807) is 31.4 Å². The molecule has 150 valence electrons. The Bertz CT molecular complexity index is 904. The summed E-state index contributed by atoms with van der Waals surface area (Å²) in [6.45, 7) is 0.711. The molecule has 0 aromatic heterocycles. The summed E-state index contributed by atoms with van der Waals surface area (Å²) in [4.78, 5) is 27.3. The van der Waals surface area contributed by atoms with Gasteiger partial charge in [0.1, 0.15) is 5.75 Å². The summed E-state index contributed by atoms with van der Waals surface area (Å²) in [5, 5.41) is 0. The lowest BCUT2D eigenvalue weighted by molar-refractivity contribution is -0.147. The predicted molar refractivity (Wildman–Crippen MR) is 111 cm³/mol. The third kappa shape index (κ3) is 4.19. The van der Waals surface area contributed by atoms with Crippen LogP contribution in [0.1, 0.15) is 41.6 Å². The van der Waals surface area contributed by atoms with Gasteiger partial charge in [-0.05, 0) is 61.1 Å². The fourth-order valence-electron chi connectivity index (χ4n) is 4.16. The highest BCUT2D eigenvalue weighted by Gasteiger charge is 2.40. The average Bonchev–Trinajstić information content (AvgIpc) is 2.77. The standard InChI is InChI=1S/C24H25NO4/c1-28-20-11-9-17(10-12-20)16-19-8-5-15-25-21(19)13-14-22(23(25)26)29-24(27)18-6-3-2-4-7-18/h2-4,6-7,9-12,16,21-22H,5,8,13-15H2,1H3/b19-16+/t21-,22-/m0/s1. The van der Waals surface area contributed by atoms with Crippen molar-refractivity contribution in [2.45, 2.75) is 37.8 Å². The van der Waals surface area contributed by atoms with Crippen molar-refractivity contribution in [2.24, 2.45) is 0 Å². The molecule has 2 aliphatic heterocycles. The minimum atomic E-state index is -0.695. The molecule has 0 N–H and O–H groups in total. The predicted octanol–water partition coefficient (Wildman–Crippen LogP) is 4.09. The molecule has 0 spiro atoms. The number of hydrogen-bond acceptors (Lipinski definition) is 4. The van der Waals surface area contributed by atoms with Crippen LogP contribution in [-0.4, -0.2) is 42.6 Å². The number of carbonyl (C=O) groups is 2. The third-order valence-electron chi connectivity index (χ3n) is 5.66. The van der Waals surface area contributed by atoms with Crippen LogP contribution in [0.4, 0.5) is 0 Å². The fraction of sp³-hybridized carbons (Fsp3) is 0.333. The second kappa shape index (κ2) is 8.52. The molecule has 0 unspecified atom stereocenters. The smallest absolute Gasteiger partial charge is 0.338 e. The number of rotatable bonds is 4. The van der Waals surface area contributed by atoms with Crippen molar-refractivity contribution in [1.82, 2.24) is 4.90 Å². The molecule has 5 heteroatoms. The van der Waals surface area contributed by atoms with Crippen LogP contribution in [0.5, 0.6) is 5.75 Å². The molecular formula is C24H25NO4. The first-order valence-electron chi connectivity index (χ1n) is 10.1. The van der Waals surface area contributed by atoms with Crippen LogP contribution < -0.4 is 4.74 Å². The lowest BCUT2D eigenvalue weighted by atomic mass is 9.86. The van der Waals surface area contributed by atoms with Crippen molar-refractivity contribution < 1.29 is 19.1 Å². The molecule has 5 nitrogen and oxygen atoms in total. The van der Waals surface area contributed by atoms with Gasteiger partial charge in [0.15, 0.2) is 6.10 Å². The van der Waals surface area contributed by atoms with Crippen molar-refractivity contribution in [1.29, 1.82) is 0 Å². The van der Waals surface area contributed by atoms with Crippen molar-refractivity contribution in [3.05, 3.63) is 71.3 Å². The maximum absolute atomic E-state index is 13.0. The van der Waals surface area contributed by atoms with Gasteiger partial charge in [0.05, 0.1) is 18.7 Å². The molecule has 4 rings (SSSR count). The second-order valence-electron chi connectivity index (χ2n) is 7.48. The first kappa shape index (κ1) is 19.2. The molecule has 0 saturated carbocycles. The highest BCUT2D eigenvalue weighted by molar-refractivity contribution is 5.92. The van der Waals surface area contributed by atoms with Gasteiger partial charge in [-0.15, -0.1) is 0 Å². The van der Waals surface area contributed by atoms with Crippen LogP contribution in [-0.2, 0) is 9.53 Å². The quantitative estimate of drug-likeness (QED) is 0.737. The number of methoxy groups -OCH3 is 1. The summed E-state index contributed by atoms with van der Waals surface area (Å²) < 4.78 is 10.8.